The van der Waals surface area contributed by atoms with E-state index in [9.17, 15) is 15.3 Å². The summed E-state index contributed by atoms with van der Waals surface area (Å²) in [5.74, 6) is 0.297. The third kappa shape index (κ3) is 2.91. The average molecular weight is 265 g/mol. The predicted molar refractivity (Wildman–Crippen MR) is 74.1 cm³/mol. The molecule has 1 unspecified atom stereocenters. The molecule has 1 aromatic rings. The highest BCUT2D eigenvalue weighted by Gasteiger charge is 2.31. The first kappa shape index (κ1) is 14.3. The third-order valence-electron chi connectivity index (χ3n) is 4.20. The lowest BCUT2D eigenvalue weighted by Crippen LogP contribution is -2.53. The number of aliphatic hydroxyl groups is 2. The Morgan fingerprint density at radius 3 is 2.68 bits per heavy atom. The van der Waals surface area contributed by atoms with E-state index in [2.05, 4.69) is 5.32 Å². The first-order chi connectivity index (χ1) is 9.14. The minimum Gasteiger partial charge on any atom is -0.508 e. The lowest BCUT2D eigenvalue weighted by molar-refractivity contribution is 0.0751. The fraction of sp³-hybridized carbons (Fsp3) is 0.600. The van der Waals surface area contributed by atoms with E-state index in [0.717, 1.165) is 24.8 Å². The molecular formula is C15H23NO3. The van der Waals surface area contributed by atoms with Crippen LogP contribution in [0.15, 0.2) is 18.2 Å². The SMILES string of the molecule is CCC(CO)(CO)NC1CCCc2cc(O)ccc21. The van der Waals surface area contributed by atoms with Gasteiger partial charge in [-0.2, -0.15) is 0 Å². The zero-order valence-electron chi connectivity index (χ0n) is 11.4. The van der Waals surface area contributed by atoms with E-state index in [1.165, 1.54) is 5.56 Å². The van der Waals surface area contributed by atoms with Crippen molar-refractivity contribution in [3.8, 4) is 5.75 Å². The molecule has 106 valence electrons. The van der Waals surface area contributed by atoms with Crippen molar-refractivity contribution < 1.29 is 15.3 Å². The molecule has 19 heavy (non-hydrogen) atoms. The second-order valence-electron chi connectivity index (χ2n) is 5.42. The number of phenolic OH excluding ortho intramolecular Hbond substituents is 1. The van der Waals surface area contributed by atoms with E-state index < -0.39 is 5.54 Å². The van der Waals surface area contributed by atoms with Crippen LogP contribution < -0.4 is 5.32 Å². The molecule has 0 aliphatic heterocycles. The maximum atomic E-state index is 9.55. The molecule has 1 aliphatic rings. The van der Waals surface area contributed by atoms with Gasteiger partial charge in [0.15, 0.2) is 0 Å². The summed E-state index contributed by atoms with van der Waals surface area (Å²) in [4.78, 5) is 0. The second kappa shape index (κ2) is 5.90. The molecule has 1 atom stereocenters. The van der Waals surface area contributed by atoms with Gasteiger partial charge < -0.3 is 20.6 Å². The van der Waals surface area contributed by atoms with Crippen molar-refractivity contribution in [1.82, 2.24) is 5.32 Å². The van der Waals surface area contributed by atoms with Gasteiger partial charge in [-0.1, -0.05) is 13.0 Å². The summed E-state index contributed by atoms with van der Waals surface area (Å²) in [6, 6.07) is 5.58. The Hall–Kier alpha value is -1.10. The summed E-state index contributed by atoms with van der Waals surface area (Å²) in [5, 5.41) is 32.0. The molecule has 2 rings (SSSR count). The highest BCUT2D eigenvalue weighted by Crippen LogP contribution is 2.33. The number of rotatable bonds is 5. The van der Waals surface area contributed by atoms with E-state index in [1.54, 1.807) is 6.07 Å². The van der Waals surface area contributed by atoms with Gasteiger partial charge in [0.05, 0.1) is 18.8 Å². The van der Waals surface area contributed by atoms with Crippen LogP contribution in [0, 0.1) is 0 Å². The molecule has 1 aromatic carbocycles. The maximum absolute atomic E-state index is 9.55. The highest BCUT2D eigenvalue weighted by molar-refractivity contribution is 5.38. The quantitative estimate of drug-likeness (QED) is 0.651. The molecular weight excluding hydrogens is 242 g/mol. The molecule has 0 fully saturated rings. The van der Waals surface area contributed by atoms with Crippen LogP contribution in [0.1, 0.15) is 43.4 Å². The normalized spacial score (nSPS) is 19.2. The third-order valence-corrected chi connectivity index (χ3v) is 4.20. The van der Waals surface area contributed by atoms with E-state index in [1.807, 2.05) is 19.1 Å². The van der Waals surface area contributed by atoms with Gasteiger partial charge in [-0.3, -0.25) is 0 Å². The molecule has 4 heteroatoms. The van der Waals surface area contributed by atoms with Crippen LogP contribution >= 0.6 is 0 Å². The minimum absolute atomic E-state index is 0.0794. The Balaban J connectivity index is 2.24. The van der Waals surface area contributed by atoms with E-state index >= 15 is 0 Å². The summed E-state index contributed by atoms with van der Waals surface area (Å²) in [5.41, 5.74) is 1.70. The van der Waals surface area contributed by atoms with Crippen molar-refractivity contribution in [3.05, 3.63) is 29.3 Å². The molecule has 0 saturated carbocycles. The summed E-state index contributed by atoms with van der Waals surface area (Å²) < 4.78 is 0. The number of aromatic hydroxyl groups is 1. The highest BCUT2D eigenvalue weighted by atomic mass is 16.3. The number of nitrogens with one attached hydrogen (secondary N) is 1. The van der Waals surface area contributed by atoms with Crippen LogP contribution in [-0.4, -0.2) is 34.1 Å². The Kier molecular flexibility index (Phi) is 4.45. The Bertz CT molecular complexity index is 421. The van der Waals surface area contributed by atoms with Crippen molar-refractivity contribution in [3.63, 3.8) is 0 Å². The summed E-state index contributed by atoms with van der Waals surface area (Å²) in [7, 11) is 0. The van der Waals surface area contributed by atoms with E-state index in [4.69, 9.17) is 0 Å². The lowest BCUT2D eigenvalue weighted by Gasteiger charge is -2.37. The summed E-state index contributed by atoms with van der Waals surface area (Å²) in [6.07, 6.45) is 3.67. The minimum atomic E-state index is -0.628. The van der Waals surface area contributed by atoms with E-state index in [-0.39, 0.29) is 19.3 Å². The van der Waals surface area contributed by atoms with Crippen LogP contribution in [-0.2, 0) is 6.42 Å². The molecule has 0 saturated heterocycles. The number of phenols is 1. The maximum Gasteiger partial charge on any atom is 0.115 e. The van der Waals surface area contributed by atoms with E-state index in [0.29, 0.717) is 12.2 Å². The number of hydrogen-bond acceptors (Lipinski definition) is 4. The van der Waals surface area contributed by atoms with Gasteiger partial charge in [-0.05, 0) is 48.9 Å². The van der Waals surface area contributed by atoms with Gasteiger partial charge in [-0.15, -0.1) is 0 Å². The fourth-order valence-electron chi connectivity index (χ4n) is 2.79. The van der Waals surface area contributed by atoms with Gasteiger partial charge in [0.2, 0.25) is 0 Å². The number of fused-ring (bicyclic) bond motifs is 1. The molecule has 0 spiro atoms. The Labute approximate surface area is 114 Å². The largest absolute Gasteiger partial charge is 0.508 e. The molecule has 1 aliphatic carbocycles. The average Bonchev–Trinajstić information content (AvgIpc) is 2.44. The second-order valence-corrected chi connectivity index (χ2v) is 5.42. The standard InChI is InChI=1S/C15H23NO3/c1-2-15(9-17,10-18)16-14-5-3-4-11-8-12(19)6-7-13(11)14/h6-8,14,16-19H,2-5,9-10H2,1H3. The first-order valence-electron chi connectivity index (χ1n) is 6.95. The Morgan fingerprint density at radius 2 is 2.05 bits per heavy atom. The number of aliphatic hydroxyl groups excluding tert-OH is 2. The van der Waals surface area contributed by atoms with Crippen LogP contribution in [0.4, 0.5) is 0 Å². The fourth-order valence-corrected chi connectivity index (χ4v) is 2.79. The predicted octanol–water partition coefficient (Wildman–Crippen LogP) is 1.49. The summed E-state index contributed by atoms with van der Waals surface area (Å²) >= 11 is 0. The van der Waals surface area contributed by atoms with Gasteiger partial charge in [0.1, 0.15) is 5.75 Å². The van der Waals surface area contributed by atoms with Crippen LogP contribution in [0.25, 0.3) is 0 Å². The van der Waals surface area contributed by atoms with Gasteiger partial charge >= 0.3 is 0 Å². The van der Waals surface area contributed by atoms with Gasteiger partial charge in [-0.25, -0.2) is 0 Å². The zero-order chi connectivity index (χ0) is 13.9. The monoisotopic (exact) mass is 265 g/mol. The zero-order valence-corrected chi connectivity index (χ0v) is 11.4. The summed E-state index contributed by atoms with van der Waals surface area (Å²) in [6.45, 7) is 1.80. The van der Waals surface area contributed by atoms with Crippen LogP contribution in [0.5, 0.6) is 5.75 Å². The van der Waals surface area contributed by atoms with Crippen molar-refractivity contribution in [1.29, 1.82) is 0 Å². The molecule has 0 bridgehead atoms. The lowest BCUT2D eigenvalue weighted by atomic mass is 9.85. The molecule has 4 nitrogen and oxygen atoms in total. The molecule has 0 amide bonds. The van der Waals surface area contributed by atoms with Crippen LogP contribution in [0.2, 0.25) is 0 Å². The molecule has 0 radical (unpaired) electrons. The van der Waals surface area contributed by atoms with Crippen molar-refractivity contribution in [2.45, 2.75) is 44.2 Å². The molecule has 0 aromatic heterocycles. The smallest absolute Gasteiger partial charge is 0.115 e. The van der Waals surface area contributed by atoms with Crippen molar-refractivity contribution in [2.24, 2.45) is 0 Å². The topological polar surface area (TPSA) is 72.7 Å². The van der Waals surface area contributed by atoms with Crippen LogP contribution in [0.3, 0.4) is 0 Å². The van der Waals surface area contributed by atoms with Crippen molar-refractivity contribution in [2.75, 3.05) is 13.2 Å². The van der Waals surface area contributed by atoms with Crippen molar-refractivity contribution >= 4 is 0 Å². The van der Waals surface area contributed by atoms with Gasteiger partial charge in [0, 0.05) is 6.04 Å². The number of hydrogen-bond donors (Lipinski definition) is 4. The van der Waals surface area contributed by atoms with Gasteiger partial charge in [0.25, 0.3) is 0 Å². The first-order valence-corrected chi connectivity index (χ1v) is 6.95. The Morgan fingerprint density at radius 1 is 1.32 bits per heavy atom. The molecule has 0 heterocycles. The molecule has 4 N–H and O–H groups in total. The number of aryl methyl sites for hydroxylation is 1. The number of benzene rings is 1.